The molecular weight excluding hydrogens is 743 g/mol. The summed E-state index contributed by atoms with van der Waals surface area (Å²) < 4.78 is 50.8. The summed E-state index contributed by atoms with van der Waals surface area (Å²) in [6, 6.07) is 12.3. The van der Waals surface area contributed by atoms with Crippen LogP contribution in [0, 0.1) is 18.6 Å². The number of benzene rings is 2. The van der Waals surface area contributed by atoms with Crippen LogP contribution in [0.5, 0.6) is 11.6 Å². The number of fused-ring (bicyclic) bond motifs is 4. The van der Waals surface area contributed by atoms with Gasteiger partial charge in [0.15, 0.2) is 23.2 Å². The molecule has 2 aromatic carbocycles. The van der Waals surface area contributed by atoms with E-state index in [2.05, 4.69) is 35.6 Å². The molecule has 5 aliphatic heterocycles. The smallest absolute Gasteiger partial charge is 0.255 e. The van der Waals surface area contributed by atoms with Gasteiger partial charge in [0.05, 0.1) is 23.5 Å². The maximum absolute atomic E-state index is 15.7. The number of amides is 3. The van der Waals surface area contributed by atoms with E-state index in [0.717, 1.165) is 22.9 Å². The summed E-state index contributed by atoms with van der Waals surface area (Å²) in [6.07, 6.45) is 0.146. The number of carbonyl (C=O) groups is 3. The molecule has 0 aliphatic carbocycles. The third-order valence-corrected chi connectivity index (χ3v) is 11.9. The standard InChI is InChI=1S/C40H40F3N9O5/c1-22-24(17-49-9-11-50(12-10-49)25-6-5-23-18-51(39(56)28(23)14-25)32-7-8-34(53)46-37(32)55)13-30(43)38(45-22)57-26-16-40(20-41)21-44-36-33(52(40)19-26)15-31(47-48-36)27-3-2-4-29(42)35(27)54/h2-6,13-15,26,32,54H,7-12,16-21H2,1H3,(H,44,48)(H,46,53,55)/t26-,32+,40-/m1/s1. The van der Waals surface area contributed by atoms with Crippen LogP contribution in [0.25, 0.3) is 11.3 Å². The van der Waals surface area contributed by atoms with Gasteiger partial charge in [-0.25, -0.2) is 18.2 Å². The summed E-state index contributed by atoms with van der Waals surface area (Å²) in [6.45, 7) is 5.05. The molecular formula is C40H40F3N9O5. The number of anilines is 3. The summed E-state index contributed by atoms with van der Waals surface area (Å²) in [5.41, 5.74) is 3.53. The number of phenolic OH excluding ortho intramolecular Hbond substituents is 1. The molecule has 3 fully saturated rings. The summed E-state index contributed by atoms with van der Waals surface area (Å²) in [4.78, 5) is 49.7. The maximum Gasteiger partial charge on any atom is 0.255 e. The zero-order valence-electron chi connectivity index (χ0n) is 31.1. The van der Waals surface area contributed by atoms with Crippen LogP contribution in [0.4, 0.5) is 30.4 Å². The number of para-hydroxylation sites is 1. The number of nitrogens with one attached hydrogen (secondary N) is 2. The number of aromatic hydroxyl groups is 1. The molecule has 0 saturated carbocycles. The van der Waals surface area contributed by atoms with Gasteiger partial charge in [-0.1, -0.05) is 12.1 Å². The number of hydrogen-bond donors (Lipinski definition) is 3. The van der Waals surface area contributed by atoms with Crippen molar-refractivity contribution in [2.75, 3.05) is 61.1 Å². The highest BCUT2D eigenvalue weighted by atomic mass is 19.1. The monoisotopic (exact) mass is 783 g/mol. The van der Waals surface area contributed by atoms with Gasteiger partial charge in [-0.05, 0) is 60.9 Å². The number of aryl methyl sites for hydroxylation is 1. The normalized spacial score (nSPS) is 23.2. The highest BCUT2D eigenvalue weighted by molar-refractivity contribution is 6.05. The maximum atomic E-state index is 15.7. The van der Waals surface area contributed by atoms with E-state index in [1.54, 1.807) is 17.9 Å². The first-order valence-electron chi connectivity index (χ1n) is 19.0. The lowest BCUT2D eigenvalue weighted by Gasteiger charge is -2.42. The van der Waals surface area contributed by atoms with Crippen molar-refractivity contribution in [2.24, 2.45) is 0 Å². The van der Waals surface area contributed by atoms with Gasteiger partial charge >= 0.3 is 0 Å². The van der Waals surface area contributed by atoms with Crippen LogP contribution in [0.2, 0.25) is 0 Å². The second-order valence-corrected chi connectivity index (χ2v) is 15.4. The molecule has 4 aromatic rings. The Balaban J connectivity index is 0.835. The number of pyridine rings is 1. The Hall–Kier alpha value is -5.97. The summed E-state index contributed by atoms with van der Waals surface area (Å²) in [5, 5.41) is 24.2. The largest absolute Gasteiger partial charge is 0.504 e. The van der Waals surface area contributed by atoms with Gasteiger partial charge in [-0.15, -0.1) is 10.2 Å². The number of halogens is 3. The third-order valence-electron chi connectivity index (χ3n) is 11.9. The summed E-state index contributed by atoms with van der Waals surface area (Å²) in [5.74, 6) is -2.69. The Morgan fingerprint density at radius 3 is 2.61 bits per heavy atom. The number of aromatic nitrogens is 3. The number of piperazine rings is 1. The predicted molar refractivity (Wildman–Crippen MR) is 202 cm³/mol. The van der Waals surface area contributed by atoms with E-state index in [1.807, 2.05) is 23.1 Å². The predicted octanol–water partition coefficient (Wildman–Crippen LogP) is 3.71. The number of nitrogens with zero attached hydrogens (tertiary/aromatic N) is 7. The first kappa shape index (κ1) is 36.7. The van der Waals surface area contributed by atoms with Crippen LogP contribution in [0.1, 0.15) is 46.4 Å². The molecule has 7 heterocycles. The van der Waals surface area contributed by atoms with Crippen molar-refractivity contribution in [1.29, 1.82) is 0 Å². The van der Waals surface area contributed by atoms with Gasteiger partial charge in [0.1, 0.15) is 18.8 Å². The molecule has 0 radical (unpaired) electrons. The molecule has 3 saturated heterocycles. The Labute approximate surface area is 325 Å². The molecule has 0 spiro atoms. The fraction of sp³-hybridized carbons (Fsp3) is 0.400. The molecule has 17 heteroatoms. The molecule has 2 aromatic heterocycles. The lowest BCUT2D eigenvalue weighted by Crippen LogP contribution is -2.54. The second-order valence-electron chi connectivity index (χ2n) is 15.4. The Morgan fingerprint density at radius 2 is 1.82 bits per heavy atom. The Morgan fingerprint density at radius 1 is 1.00 bits per heavy atom. The van der Waals surface area contributed by atoms with E-state index >= 15 is 4.39 Å². The molecule has 3 amide bonds. The lowest BCUT2D eigenvalue weighted by molar-refractivity contribution is -0.136. The Kier molecular flexibility index (Phi) is 9.13. The number of rotatable bonds is 8. The van der Waals surface area contributed by atoms with Crippen molar-refractivity contribution >= 4 is 34.9 Å². The SMILES string of the molecule is Cc1nc(O[C@H]2CN3c4cc(-c5cccc(F)c5O)nnc4NC[C@]3(CF)C2)c(F)cc1CN1CCN(c2ccc3c(c2)C(=O)N([C@H]2CCC(=O)NC2=O)C3)CC1. The number of alkyl halides is 1. The molecule has 5 aliphatic rings. The highest BCUT2D eigenvalue weighted by Crippen LogP contribution is 2.44. The molecule has 0 bridgehead atoms. The van der Waals surface area contributed by atoms with Crippen LogP contribution in [0.3, 0.4) is 0 Å². The van der Waals surface area contributed by atoms with E-state index in [1.165, 1.54) is 18.2 Å². The highest BCUT2D eigenvalue weighted by Gasteiger charge is 2.50. The zero-order chi connectivity index (χ0) is 39.6. The van der Waals surface area contributed by atoms with Crippen molar-refractivity contribution in [1.82, 2.24) is 30.3 Å². The zero-order valence-corrected chi connectivity index (χ0v) is 31.1. The Bertz CT molecular complexity index is 2310. The van der Waals surface area contributed by atoms with E-state index in [0.29, 0.717) is 68.5 Å². The number of imide groups is 1. The topological polar surface area (TPSA) is 156 Å². The molecule has 9 rings (SSSR count). The van der Waals surface area contributed by atoms with E-state index in [4.69, 9.17) is 4.74 Å². The van der Waals surface area contributed by atoms with Crippen LogP contribution < -0.4 is 25.2 Å². The number of carbonyl (C=O) groups excluding carboxylic acids is 3. The molecule has 0 unspecified atom stereocenters. The van der Waals surface area contributed by atoms with Crippen molar-refractivity contribution < 1.29 is 37.4 Å². The van der Waals surface area contributed by atoms with Crippen molar-refractivity contribution in [3.05, 3.63) is 82.5 Å². The minimum absolute atomic E-state index is 0.149. The summed E-state index contributed by atoms with van der Waals surface area (Å²) >= 11 is 0. The van der Waals surface area contributed by atoms with Gasteiger partial charge in [-0.2, -0.15) is 0 Å². The first-order valence-corrected chi connectivity index (χ1v) is 19.0. The van der Waals surface area contributed by atoms with Crippen LogP contribution >= 0.6 is 0 Å². The van der Waals surface area contributed by atoms with Gasteiger partial charge in [0, 0.05) is 81.2 Å². The first-order chi connectivity index (χ1) is 27.5. The van der Waals surface area contributed by atoms with Crippen molar-refractivity contribution in [3.63, 3.8) is 0 Å². The second kappa shape index (κ2) is 14.2. The van der Waals surface area contributed by atoms with Gasteiger partial charge in [0.25, 0.3) is 11.8 Å². The van der Waals surface area contributed by atoms with E-state index in [-0.39, 0.29) is 54.9 Å². The fourth-order valence-electron chi connectivity index (χ4n) is 8.73. The molecule has 3 N–H and O–H groups in total. The van der Waals surface area contributed by atoms with Crippen molar-refractivity contribution in [2.45, 2.75) is 57.0 Å². The quantitative estimate of drug-likeness (QED) is 0.223. The average molecular weight is 784 g/mol. The third kappa shape index (κ3) is 6.52. The van der Waals surface area contributed by atoms with E-state index in [9.17, 15) is 28.3 Å². The number of piperidine rings is 1. The number of hydrogen-bond acceptors (Lipinski definition) is 12. The fourth-order valence-corrected chi connectivity index (χ4v) is 8.73. The van der Waals surface area contributed by atoms with Gasteiger partial charge in [-0.3, -0.25) is 24.6 Å². The van der Waals surface area contributed by atoms with Gasteiger partial charge in [0.2, 0.25) is 11.8 Å². The van der Waals surface area contributed by atoms with Crippen LogP contribution in [-0.2, 0) is 22.7 Å². The lowest BCUT2D eigenvalue weighted by atomic mass is 9.94. The van der Waals surface area contributed by atoms with Crippen molar-refractivity contribution in [3.8, 4) is 22.9 Å². The summed E-state index contributed by atoms with van der Waals surface area (Å²) in [7, 11) is 0. The molecule has 14 nitrogen and oxygen atoms in total. The minimum atomic E-state index is -1.01. The molecule has 57 heavy (non-hydrogen) atoms. The average Bonchev–Trinajstić information content (AvgIpc) is 3.75. The van der Waals surface area contributed by atoms with Gasteiger partial charge < -0.3 is 29.9 Å². The number of phenols is 1. The molecule has 296 valence electrons. The van der Waals surface area contributed by atoms with Crippen LogP contribution in [0.15, 0.2) is 48.5 Å². The minimum Gasteiger partial charge on any atom is -0.504 e. The number of ether oxygens (including phenoxy) is 1. The van der Waals surface area contributed by atoms with Crippen LogP contribution in [-0.4, -0.2) is 111 Å². The van der Waals surface area contributed by atoms with E-state index < -0.39 is 47.7 Å². The molecule has 3 atom stereocenters.